The van der Waals surface area contributed by atoms with Gasteiger partial charge in [0.1, 0.15) is 5.84 Å². The van der Waals surface area contributed by atoms with Gasteiger partial charge < -0.3 is 11.5 Å². The Labute approximate surface area is 165 Å². The molecule has 1 aromatic carbocycles. The summed E-state index contributed by atoms with van der Waals surface area (Å²) in [5, 5.41) is 1.28. The number of nitrogens with two attached hydrogens (primary N) is 2. The van der Waals surface area contributed by atoms with E-state index in [9.17, 15) is 13.2 Å². The summed E-state index contributed by atoms with van der Waals surface area (Å²) >= 11 is 0. The van der Waals surface area contributed by atoms with Gasteiger partial charge >= 0.3 is 0 Å². The van der Waals surface area contributed by atoms with Crippen molar-refractivity contribution in [2.75, 3.05) is 33.8 Å². The molecule has 1 heterocycles. The van der Waals surface area contributed by atoms with Gasteiger partial charge in [0.2, 0.25) is 10.0 Å². The molecule has 0 saturated carbocycles. The number of rotatable bonds is 8. The quantitative estimate of drug-likeness (QED) is 0.612. The van der Waals surface area contributed by atoms with Crippen molar-refractivity contribution in [3.05, 3.63) is 29.3 Å². The summed E-state index contributed by atoms with van der Waals surface area (Å²) in [7, 11) is -0.690. The van der Waals surface area contributed by atoms with Gasteiger partial charge in [0.05, 0.1) is 17.2 Å². The molecule has 4 N–H and O–H groups in total. The summed E-state index contributed by atoms with van der Waals surface area (Å²) in [6.45, 7) is 2.87. The molecule has 0 atom stereocenters. The van der Waals surface area contributed by atoms with E-state index in [-0.39, 0.29) is 29.7 Å². The van der Waals surface area contributed by atoms with Crippen LogP contribution in [-0.2, 0) is 19.7 Å². The summed E-state index contributed by atoms with van der Waals surface area (Å²) in [6, 6.07) is 4.56. The minimum absolute atomic E-state index is 0.106. The van der Waals surface area contributed by atoms with Gasteiger partial charge in [-0.1, -0.05) is 13.0 Å². The van der Waals surface area contributed by atoms with E-state index in [0.717, 1.165) is 10.7 Å². The first-order valence-corrected chi connectivity index (χ1v) is 10.4. The molecule has 0 spiro atoms. The Morgan fingerprint density at radius 2 is 2.04 bits per heavy atom. The number of sulfonamides is 1. The van der Waals surface area contributed by atoms with Gasteiger partial charge in [0.25, 0.3) is 5.91 Å². The number of fused-ring (bicyclic) bond motifs is 1. The van der Waals surface area contributed by atoms with Crippen molar-refractivity contribution in [1.29, 1.82) is 0 Å². The molecule has 0 aromatic heterocycles. The van der Waals surface area contributed by atoms with Gasteiger partial charge in [-0.2, -0.15) is 0 Å². The summed E-state index contributed by atoms with van der Waals surface area (Å²) in [5.41, 5.74) is 12.9. The lowest BCUT2D eigenvalue weighted by Crippen LogP contribution is -2.35. The van der Waals surface area contributed by atoms with E-state index in [1.54, 1.807) is 12.1 Å². The molecule has 154 valence electrons. The van der Waals surface area contributed by atoms with E-state index in [1.807, 2.05) is 6.92 Å². The summed E-state index contributed by atoms with van der Waals surface area (Å²) in [4.78, 5) is 22.8. The SMILES string of the molecule is CCCN(OCCN)C(=O)C1=Cc2ccc(S(=O)(=O)N(C)C)cc2N=C(N)C1. The van der Waals surface area contributed by atoms with Crippen LogP contribution in [0.2, 0.25) is 0 Å². The second-order valence-electron chi connectivity index (χ2n) is 6.49. The summed E-state index contributed by atoms with van der Waals surface area (Å²) in [6.07, 6.45) is 2.52. The minimum Gasteiger partial charge on any atom is -0.387 e. The largest absolute Gasteiger partial charge is 0.387 e. The number of carbonyl (C=O) groups is 1. The van der Waals surface area contributed by atoms with Crippen LogP contribution in [0, 0.1) is 0 Å². The highest BCUT2D eigenvalue weighted by atomic mass is 32.2. The molecule has 9 nitrogen and oxygen atoms in total. The van der Waals surface area contributed by atoms with Crippen LogP contribution >= 0.6 is 0 Å². The zero-order valence-electron chi connectivity index (χ0n) is 16.4. The fourth-order valence-electron chi connectivity index (χ4n) is 2.63. The lowest BCUT2D eigenvalue weighted by molar-refractivity contribution is -0.181. The number of hydrogen-bond acceptors (Lipinski definition) is 7. The monoisotopic (exact) mass is 409 g/mol. The molecule has 2 rings (SSSR count). The van der Waals surface area contributed by atoms with Crippen LogP contribution in [0.1, 0.15) is 25.3 Å². The highest BCUT2D eigenvalue weighted by Gasteiger charge is 2.24. The number of carbonyl (C=O) groups excluding carboxylic acids is 1. The van der Waals surface area contributed by atoms with Gasteiger partial charge in [-0.25, -0.2) is 22.8 Å². The van der Waals surface area contributed by atoms with E-state index >= 15 is 0 Å². The molecule has 1 aliphatic heterocycles. The molecule has 0 saturated heterocycles. The molecule has 0 radical (unpaired) electrons. The van der Waals surface area contributed by atoms with E-state index in [4.69, 9.17) is 16.3 Å². The van der Waals surface area contributed by atoms with Crippen molar-refractivity contribution in [1.82, 2.24) is 9.37 Å². The fourth-order valence-corrected chi connectivity index (χ4v) is 3.55. The summed E-state index contributed by atoms with van der Waals surface area (Å²) < 4.78 is 25.9. The average molecular weight is 410 g/mol. The van der Waals surface area contributed by atoms with Crippen molar-refractivity contribution in [2.45, 2.75) is 24.7 Å². The minimum atomic E-state index is -3.61. The number of nitrogens with zero attached hydrogens (tertiary/aromatic N) is 3. The van der Waals surface area contributed by atoms with E-state index in [1.165, 1.54) is 31.3 Å². The Balaban J connectivity index is 2.43. The first-order chi connectivity index (χ1) is 13.2. The predicted molar refractivity (Wildman–Crippen MR) is 108 cm³/mol. The van der Waals surface area contributed by atoms with Crippen molar-refractivity contribution >= 4 is 33.5 Å². The second-order valence-corrected chi connectivity index (χ2v) is 8.64. The van der Waals surface area contributed by atoms with Gasteiger partial charge in [-0.3, -0.25) is 9.63 Å². The second kappa shape index (κ2) is 9.28. The maximum atomic E-state index is 12.9. The molecule has 10 heteroatoms. The number of hydrogen-bond donors (Lipinski definition) is 2. The van der Waals surface area contributed by atoms with Crippen LogP contribution in [0.4, 0.5) is 5.69 Å². The number of hydroxylamine groups is 2. The Morgan fingerprint density at radius 3 is 2.64 bits per heavy atom. The van der Waals surface area contributed by atoms with E-state index in [0.29, 0.717) is 29.9 Å². The number of amides is 1. The zero-order chi connectivity index (χ0) is 20.9. The van der Waals surface area contributed by atoms with Gasteiger partial charge in [-0.05, 0) is 24.6 Å². The Morgan fingerprint density at radius 1 is 1.32 bits per heavy atom. The first-order valence-electron chi connectivity index (χ1n) is 8.95. The lowest BCUT2D eigenvalue weighted by Gasteiger charge is -2.22. The third-order valence-electron chi connectivity index (χ3n) is 4.04. The molecule has 1 amide bonds. The standard InChI is InChI=1S/C18H27N5O4S/c1-4-8-23(27-9-7-19)18(24)14-10-13-5-6-15(28(25,26)22(2)3)12-16(13)21-17(20)11-14/h5-6,10,12H,4,7-9,11,19H2,1-3H3,(H2,20,21). The van der Waals surface area contributed by atoms with Crippen molar-refractivity contribution < 1.29 is 18.0 Å². The van der Waals surface area contributed by atoms with Crippen molar-refractivity contribution in [2.24, 2.45) is 16.5 Å². The number of aliphatic imine (C=N–C) groups is 1. The maximum absolute atomic E-state index is 12.9. The van der Waals surface area contributed by atoms with Gasteiger partial charge in [-0.15, -0.1) is 0 Å². The average Bonchev–Trinajstić information content (AvgIpc) is 2.81. The van der Waals surface area contributed by atoms with E-state index in [2.05, 4.69) is 4.99 Å². The predicted octanol–water partition coefficient (Wildman–Crippen LogP) is 0.842. The van der Waals surface area contributed by atoms with Gasteiger partial charge in [0, 0.05) is 44.7 Å². The van der Waals surface area contributed by atoms with Crippen LogP contribution in [0.15, 0.2) is 33.7 Å². The molecule has 0 unspecified atom stereocenters. The highest BCUT2D eigenvalue weighted by Crippen LogP contribution is 2.30. The number of amidine groups is 1. The smallest absolute Gasteiger partial charge is 0.273 e. The topological polar surface area (TPSA) is 131 Å². The highest BCUT2D eigenvalue weighted by molar-refractivity contribution is 7.89. The fraction of sp³-hybridized carbons (Fsp3) is 0.444. The van der Waals surface area contributed by atoms with Crippen LogP contribution in [-0.4, -0.2) is 63.3 Å². The van der Waals surface area contributed by atoms with Crippen LogP contribution in [0.5, 0.6) is 0 Å². The maximum Gasteiger partial charge on any atom is 0.273 e. The molecule has 28 heavy (non-hydrogen) atoms. The summed E-state index contributed by atoms with van der Waals surface area (Å²) in [5.74, 6) is -0.0979. The molecule has 1 aliphatic rings. The van der Waals surface area contributed by atoms with E-state index < -0.39 is 10.0 Å². The van der Waals surface area contributed by atoms with Crippen molar-refractivity contribution in [3.8, 4) is 0 Å². The van der Waals surface area contributed by atoms with Gasteiger partial charge in [0.15, 0.2) is 0 Å². The first kappa shape index (κ1) is 22.0. The molecular weight excluding hydrogens is 382 g/mol. The Bertz CT molecular complexity index is 893. The van der Waals surface area contributed by atoms with Crippen LogP contribution in [0.25, 0.3) is 6.08 Å². The zero-order valence-corrected chi connectivity index (χ0v) is 17.2. The molecule has 0 fully saturated rings. The van der Waals surface area contributed by atoms with Crippen LogP contribution < -0.4 is 11.5 Å². The normalized spacial score (nSPS) is 14.2. The third-order valence-corrected chi connectivity index (χ3v) is 5.85. The van der Waals surface area contributed by atoms with Crippen molar-refractivity contribution in [3.63, 3.8) is 0 Å². The number of benzene rings is 1. The molecule has 0 bridgehead atoms. The Kier molecular flexibility index (Phi) is 7.30. The Hall–Kier alpha value is -2.27. The molecule has 0 aliphatic carbocycles. The molecular formula is C18H27N5O4S. The third kappa shape index (κ3) is 4.96. The molecule has 1 aromatic rings. The van der Waals surface area contributed by atoms with Crippen LogP contribution in [0.3, 0.4) is 0 Å². The lowest BCUT2D eigenvalue weighted by atomic mass is 10.1.